The van der Waals surface area contributed by atoms with Crippen molar-refractivity contribution in [1.29, 1.82) is 0 Å². The van der Waals surface area contributed by atoms with Gasteiger partial charge in [-0.3, -0.25) is 19.1 Å². The average molecular weight is 416 g/mol. The lowest BCUT2D eigenvalue weighted by atomic mass is 10.2. The summed E-state index contributed by atoms with van der Waals surface area (Å²) in [5.74, 6) is -0.409. The van der Waals surface area contributed by atoms with Crippen molar-refractivity contribution in [2.75, 3.05) is 26.2 Å². The summed E-state index contributed by atoms with van der Waals surface area (Å²) < 4.78 is 54.6. The van der Waals surface area contributed by atoms with E-state index in [1.54, 1.807) is 9.58 Å². The molecule has 3 rings (SSSR count). The maximum atomic E-state index is 13.2. The number of aryl methyl sites for hydroxylation is 2. The monoisotopic (exact) mass is 416 g/mol. The van der Waals surface area contributed by atoms with Crippen molar-refractivity contribution in [1.82, 2.24) is 29.4 Å². The number of nitrogens with zero attached hydrogens (tertiary/aromatic N) is 6. The number of piperazine rings is 1. The minimum atomic E-state index is -3.00. The zero-order valence-electron chi connectivity index (χ0n) is 16.5. The van der Waals surface area contributed by atoms with Crippen molar-refractivity contribution < 1.29 is 22.4 Å². The third kappa shape index (κ3) is 4.60. The molecule has 1 atom stereocenters. The molecule has 2 aromatic rings. The molecule has 0 bridgehead atoms. The van der Waals surface area contributed by atoms with Gasteiger partial charge in [0, 0.05) is 51.5 Å². The normalized spacial score (nSPS) is 16.8. The van der Waals surface area contributed by atoms with Crippen LogP contribution in [0, 0.1) is 6.92 Å². The summed E-state index contributed by atoms with van der Waals surface area (Å²) in [6.45, 7) is 6.15. The van der Waals surface area contributed by atoms with E-state index in [1.165, 1.54) is 6.92 Å². The second kappa shape index (κ2) is 8.52. The van der Waals surface area contributed by atoms with Crippen LogP contribution in [0.1, 0.15) is 48.5 Å². The van der Waals surface area contributed by atoms with E-state index in [0.29, 0.717) is 38.8 Å². The molecule has 0 N–H and O–H groups in total. The van der Waals surface area contributed by atoms with Crippen LogP contribution in [0.5, 0.6) is 0 Å². The standard InChI is InChI=1S/C18H24F4N6O/c1-11-13(9-25(3)23-11)10-26-4-6-27(7-5-26)18(29)12(2)28-15(17(21)22)8-14(24-28)16(19)20/h8-9,12,16-17H,4-7,10H2,1-3H3. The van der Waals surface area contributed by atoms with Gasteiger partial charge in [-0.1, -0.05) is 0 Å². The third-order valence-corrected chi connectivity index (χ3v) is 5.15. The summed E-state index contributed by atoms with van der Waals surface area (Å²) in [4.78, 5) is 16.5. The number of aromatic nitrogens is 4. The highest BCUT2D eigenvalue weighted by Gasteiger charge is 2.31. The van der Waals surface area contributed by atoms with Gasteiger partial charge in [0.2, 0.25) is 5.91 Å². The van der Waals surface area contributed by atoms with Crippen molar-refractivity contribution in [3.8, 4) is 0 Å². The molecule has 0 spiro atoms. The molecule has 0 aromatic carbocycles. The van der Waals surface area contributed by atoms with Gasteiger partial charge >= 0.3 is 0 Å². The van der Waals surface area contributed by atoms with Crippen molar-refractivity contribution in [2.24, 2.45) is 7.05 Å². The van der Waals surface area contributed by atoms with Gasteiger partial charge in [-0.2, -0.15) is 10.2 Å². The van der Waals surface area contributed by atoms with Crippen molar-refractivity contribution in [3.63, 3.8) is 0 Å². The number of hydrogen-bond acceptors (Lipinski definition) is 4. The second-order valence-electron chi connectivity index (χ2n) is 7.23. The van der Waals surface area contributed by atoms with Crippen LogP contribution in [0.2, 0.25) is 0 Å². The largest absolute Gasteiger partial charge is 0.338 e. The van der Waals surface area contributed by atoms with Crippen LogP contribution in [0.4, 0.5) is 17.6 Å². The highest BCUT2D eigenvalue weighted by Crippen LogP contribution is 2.28. The Labute approximate surface area is 165 Å². The van der Waals surface area contributed by atoms with Crippen molar-refractivity contribution in [3.05, 3.63) is 34.9 Å². The van der Waals surface area contributed by atoms with Crippen LogP contribution in [0.3, 0.4) is 0 Å². The third-order valence-electron chi connectivity index (χ3n) is 5.15. The van der Waals surface area contributed by atoms with E-state index < -0.39 is 36.2 Å². The number of amides is 1. The summed E-state index contributed by atoms with van der Waals surface area (Å²) in [5, 5.41) is 7.86. The fraction of sp³-hybridized carbons (Fsp3) is 0.611. The molecule has 3 heterocycles. The van der Waals surface area contributed by atoms with Gasteiger partial charge in [-0.15, -0.1) is 0 Å². The fourth-order valence-electron chi connectivity index (χ4n) is 3.55. The summed E-state index contributed by atoms with van der Waals surface area (Å²) >= 11 is 0. The van der Waals surface area contributed by atoms with Crippen LogP contribution >= 0.6 is 0 Å². The first-order valence-corrected chi connectivity index (χ1v) is 9.33. The molecule has 1 saturated heterocycles. The molecule has 0 saturated carbocycles. The number of carbonyl (C=O) groups is 1. The molecule has 1 amide bonds. The molecule has 1 fully saturated rings. The fourth-order valence-corrected chi connectivity index (χ4v) is 3.55. The molecule has 0 aliphatic carbocycles. The van der Waals surface area contributed by atoms with Crippen LogP contribution < -0.4 is 0 Å². The second-order valence-corrected chi connectivity index (χ2v) is 7.23. The number of rotatable bonds is 6. The molecule has 11 heteroatoms. The zero-order chi connectivity index (χ0) is 21.3. The van der Waals surface area contributed by atoms with E-state index in [1.807, 2.05) is 20.2 Å². The first-order chi connectivity index (χ1) is 13.7. The van der Waals surface area contributed by atoms with Gasteiger partial charge in [0.25, 0.3) is 12.9 Å². The Balaban J connectivity index is 1.64. The maximum absolute atomic E-state index is 13.2. The lowest BCUT2D eigenvalue weighted by Gasteiger charge is -2.36. The Hall–Kier alpha value is -2.43. The first kappa shape index (κ1) is 21.3. The summed E-state index contributed by atoms with van der Waals surface area (Å²) in [6, 6.07) is -0.425. The van der Waals surface area contributed by atoms with Gasteiger partial charge in [-0.05, 0) is 19.9 Å². The lowest BCUT2D eigenvalue weighted by Crippen LogP contribution is -2.50. The van der Waals surface area contributed by atoms with Gasteiger partial charge in [0.15, 0.2) is 0 Å². The zero-order valence-corrected chi connectivity index (χ0v) is 16.5. The first-order valence-electron chi connectivity index (χ1n) is 9.33. The molecular formula is C18H24F4N6O. The molecule has 2 aromatic heterocycles. The van der Waals surface area contributed by atoms with Crippen LogP contribution in [0.15, 0.2) is 12.3 Å². The van der Waals surface area contributed by atoms with Crippen LogP contribution in [0.25, 0.3) is 0 Å². The summed E-state index contributed by atoms with van der Waals surface area (Å²) in [7, 11) is 1.86. The summed E-state index contributed by atoms with van der Waals surface area (Å²) in [5.41, 5.74) is 0.634. The molecular weight excluding hydrogens is 392 g/mol. The Morgan fingerprint density at radius 3 is 2.28 bits per heavy atom. The van der Waals surface area contributed by atoms with Gasteiger partial charge in [0.1, 0.15) is 17.4 Å². The van der Waals surface area contributed by atoms with Crippen molar-refractivity contribution in [2.45, 2.75) is 39.3 Å². The number of halogens is 4. The number of carbonyl (C=O) groups excluding carboxylic acids is 1. The smallest absolute Gasteiger partial charge is 0.282 e. The Kier molecular flexibility index (Phi) is 6.25. The molecule has 1 aliphatic heterocycles. The Bertz CT molecular complexity index is 857. The molecule has 29 heavy (non-hydrogen) atoms. The minimum Gasteiger partial charge on any atom is -0.338 e. The van der Waals surface area contributed by atoms with Gasteiger partial charge in [0.05, 0.1) is 5.69 Å². The molecule has 0 radical (unpaired) electrons. The van der Waals surface area contributed by atoms with Crippen molar-refractivity contribution >= 4 is 5.91 Å². The molecule has 7 nitrogen and oxygen atoms in total. The highest BCUT2D eigenvalue weighted by molar-refractivity contribution is 5.80. The SMILES string of the molecule is Cc1nn(C)cc1CN1CCN(C(=O)C(C)n2nc(C(F)F)cc2C(F)F)CC1. The Morgan fingerprint density at radius 1 is 1.10 bits per heavy atom. The van der Waals surface area contributed by atoms with Crippen LogP contribution in [-0.2, 0) is 18.4 Å². The van der Waals surface area contributed by atoms with E-state index in [2.05, 4.69) is 15.1 Å². The van der Waals surface area contributed by atoms with E-state index in [0.717, 1.165) is 15.9 Å². The predicted octanol–water partition coefficient (Wildman–Crippen LogP) is 2.71. The molecule has 1 aliphatic rings. The van der Waals surface area contributed by atoms with E-state index in [4.69, 9.17) is 0 Å². The quantitative estimate of drug-likeness (QED) is 0.680. The van der Waals surface area contributed by atoms with Gasteiger partial charge < -0.3 is 4.90 Å². The predicted molar refractivity (Wildman–Crippen MR) is 96.7 cm³/mol. The topological polar surface area (TPSA) is 59.2 Å². The van der Waals surface area contributed by atoms with E-state index in [9.17, 15) is 22.4 Å². The van der Waals surface area contributed by atoms with Crippen LogP contribution in [-0.4, -0.2) is 61.4 Å². The molecule has 160 valence electrons. The lowest BCUT2D eigenvalue weighted by molar-refractivity contribution is -0.136. The van der Waals surface area contributed by atoms with E-state index in [-0.39, 0.29) is 0 Å². The number of alkyl halides is 4. The maximum Gasteiger partial charge on any atom is 0.282 e. The van der Waals surface area contributed by atoms with Gasteiger partial charge in [-0.25, -0.2) is 17.6 Å². The summed E-state index contributed by atoms with van der Waals surface area (Å²) in [6.07, 6.45) is -4.01. The average Bonchev–Trinajstić information content (AvgIpc) is 3.25. The molecule has 1 unspecified atom stereocenters. The highest BCUT2D eigenvalue weighted by atomic mass is 19.3. The van der Waals surface area contributed by atoms with E-state index >= 15 is 0 Å². The number of hydrogen-bond donors (Lipinski definition) is 0. The minimum absolute atomic E-state index is 0.409. The Morgan fingerprint density at radius 2 is 1.76 bits per heavy atom.